The fraction of sp³-hybridized carbons (Fsp3) is 0.474. The number of ether oxygens (including phenoxy) is 1. The molecule has 3 N–H and O–H groups in total. The highest BCUT2D eigenvalue weighted by atomic mass is 127. The summed E-state index contributed by atoms with van der Waals surface area (Å²) < 4.78 is 5.57. The van der Waals surface area contributed by atoms with Crippen LogP contribution < -0.4 is 10.6 Å². The van der Waals surface area contributed by atoms with Crippen molar-refractivity contribution in [1.82, 2.24) is 20.6 Å². The second-order valence-electron chi connectivity index (χ2n) is 6.28. The number of rotatable bonds is 9. The van der Waals surface area contributed by atoms with E-state index in [9.17, 15) is 0 Å². The van der Waals surface area contributed by atoms with Gasteiger partial charge in [-0.3, -0.25) is 4.99 Å². The molecule has 0 aliphatic rings. The summed E-state index contributed by atoms with van der Waals surface area (Å²) in [6.07, 6.45) is 2.81. The maximum Gasteiger partial charge on any atom is 0.191 e. The molecule has 0 aliphatic heterocycles. The second kappa shape index (κ2) is 12.7. The molecule has 1 aromatic carbocycles. The van der Waals surface area contributed by atoms with Crippen molar-refractivity contribution in [3.05, 3.63) is 42.4 Å². The molecule has 0 spiro atoms. The highest BCUT2D eigenvalue weighted by Gasteiger charge is 2.04. The Hall–Kier alpha value is -1.61. The Bertz CT molecular complexity index is 642. The number of H-pyrrole nitrogens is 1. The summed E-state index contributed by atoms with van der Waals surface area (Å²) in [5.74, 6) is 2.22. The lowest BCUT2D eigenvalue weighted by atomic mass is 10.2. The maximum atomic E-state index is 5.57. The van der Waals surface area contributed by atoms with E-state index in [2.05, 4.69) is 51.6 Å². The number of guanidine groups is 1. The molecule has 0 saturated carbocycles. The van der Waals surface area contributed by atoms with E-state index in [4.69, 9.17) is 4.74 Å². The van der Waals surface area contributed by atoms with Crippen molar-refractivity contribution in [3.63, 3.8) is 0 Å². The van der Waals surface area contributed by atoms with Crippen LogP contribution in [0, 0.1) is 5.92 Å². The normalized spacial score (nSPS) is 11.3. The molecule has 144 valence electrons. The van der Waals surface area contributed by atoms with Crippen LogP contribution in [-0.2, 0) is 11.3 Å². The predicted octanol–water partition coefficient (Wildman–Crippen LogP) is 3.42. The SMILES string of the molecule is CN=C(NCCCOCC(C)C)NCc1ncc(-c2ccccc2)[nH]1.I. The summed E-state index contributed by atoms with van der Waals surface area (Å²) in [4.78, 5) is 12.0. The van der Waals surface area contributed by atoms with Gasteiger partial charge < -0.3 is 20.4 Å². The molecule has 2 aromatic rings. The van der Waals surface area contributed by atoms with Gasteiger partial charge in [0.25, 0.3) is 0 Å². The first-order valence-corrected chi connectivity index (χ1v) is 8.80. The van der Waals surface area contributed by atoms with Gasteiger partial charge in [0.05, 0.1) is 18.4 Å². The smallest absolute Gasteiger partial charge is 0.191 e. The average molecular weight is 471 g/mol. The Labute approximate surface area is 173 Å². The minimum Gasteiger partial charge on any atom is -0.381 e. The van der Waals surface area contributed by atoms with E-state index in [0.717, 1.165) is 49.2 Å². The van der Waals surface area contributed by atoms with Gasteiger partial charge in [0.15, 0.2) is 5.96 Å². The number of nitrogens with zero attached hydrogens (tertiary/aromatic N) is 2. The topological polar surface area (TPSA) is 74.3 Å². The molecule has 1 aromatic heterocycles. The van der Waals surface area contributed by atoms with Crippen LogP contribution in [0.4, 0.5) is 0 Å². The molecule has 0 aliphatic carbocycles. The van der Waals surface area contributed by atoms with Gasteiger partial charge in [-0.15, -0.1) is 24.0 Å². The first-order valence-electron chi connectivity index (χ1n) is 8.80. The van der Waals surface area contributed by atoms with Gasteiger partial charge in [0.1, 0.15) is 5.82 Å². The lowest BCUT2D eigenvalue weighted by Crippen LogP contribution is -2.37. The third-order valence-electron chi connectivity index (χ3n) is 3.57. The van der Waals surface area contributed by atoms with Gasteiger partial charge in [-0.25, -0.2) is 4.98 Å². The van der Waals surface area contributed by atoms with E-state index in [1.54, 1.807) is 7.05 Å². The number of aromatic amines is 1. The molecule has 0 unspecified atom stereocenters. The molecule has 0 bridgehead atoms. The van der Waals surface area contributed by atoms with Crippen molar-refractivity contribution in [1.29, 1.82) is 0 Å². The Kier molecular flexibility index (Phi) is 11.0. The molecule has 0 radical (unpaired) electrons. The van der Waals surface area contributed by atoms with E-state index in [1.807, 2.05) is 24.4 Å². The summed E-state index contributed by atoms with van der Waals surface area (Å²) in [7, 11) is 1.77. The summed E-state index contributed by atoms with van der Waals surface area (Å²) in [5, 5.41) is 6.55. The molecule has 0 amide bonds. The summed E-state index contributed by atoms with van der Waals surface area (Å²) in [5.41, 5.74) is 2.15. The number of hydrogen-bond donors (Lipinski definition) is 3. The molecule has 26 heavy (non-hydrogen) atoms. The van der Waals surface area contributed by atoms with Crippen LogP contribution in [-0.4, -0.2) is 42.7 Å². The van der Waals surface area contributed by atoms with E-state index in [0.29, 0.717) is 12.5 Å². The van der Waals surface area contributed by atoms with Gasteiger partial charge in [-0.2, -0.15) is 0 Å². The Morgan fingerprint density at radius 2 is 2.00 bits per heavy atom. The lowest BCUT2D eigenvalue weighted by Gasteiger charge is -2.11. The highest BCUT2D eigenvalue weighted by Crippen LogP contribution is 2.15. The molecule has 6 nitrogen and oxygen atoms in total. The fourth-order valence-corrected chi connectivity index (χ4v) is 2.30. The zero-order valence-corrected chi connectivity index (χ0v) is 18.1. The number of nitrogens with one attached hydrogen (secondary N) is 3. The number of imidazole rings is 1. The predicted molar refractivity (Wildman–Crippen MR) is 118 cm³/mol. The zero-order valence-electron chi connectivity index (χ0n) is 15.8. The third kappa shape index (κ3) is 8.18. The van der Waals surface area contributed by atoms with Crippen LogP contribution in [0.25, 0.3) is 11.3 Å². The molecule has 2 rings (SSSR count). The molecule has 7 heteroatoms. The summed E-state index contributed by atoms with van der Waals surface area (Å²) >= 11 is 0. The van der Waals surface area contributed by atoms with Crippen LogP contribution in [0.15, 0.2) is 41.5 Å². The molecule has 0 atom stereocenters. The van der Waals surface area contributed by atoms with Gasteiger partial charge in [-0.1, -0.05) is 44.2 Å². The number of aromatic nitrogens is 2. The zero-order chi connectivity index (χ0) is 17.9. The lowest BCUT2D eigenvalue weighted by molar-refractivity contribution is 0.108. The van der Waals surface area contributed by atoms with Gasteiger partial charge >= 0.3 is 0 Å². The summed E-state index contributed by atoms with van der Waals surface area (Å²) in [6, 6.07) is 10.2. The van der Waals surface area contributed by atoms with Crippen molar-refractivity contribution in [2.24, 2.45) is 10.9 Å². The standard InChI is InChI=1S/C19H29N5O.HI/c1-15(2)14-25-11-7-10-21-19(20-3)23-13-18-22-12-17(24-18)16-8-5-4-6-9-16;/h4-6,8-9,12,15H,7,10-11,13-14H2,1-3H3,(H,22,24)(H2,20,21,23);1H. The fourth-order valence-electron chi connectivity index (χ4n) is 2.30. The van der Waals surface area contributed by atoms with E-state index in [-0.39, 0.29) is 24.0 Å². The Morgan fingerprint density at radius 3 is 2.69 bits per heavy atom. The van der Waals surface area contributed by atoms with Crippen LogP contribution in [0.2, 0.25) is 0 Å². The summed E-state index contributed by atoms with van der Waals surface area (Å²) in [6.45, 7) is 7.31. The molecule has 0 fully saturated rings. The van der Waals surface area contributed by atoms with Crippen LogP contribution in [0.5, 0.6) is 0 Å². The second-order valence-corrected chi connectivity index (χ2v) is 6.28. The molecular formula is C19H30IN5O. The number of hydrogen-bond acceptors (Lipinski definition) is 3. The van der Waals surface area contributed by atoms with Crippen molar-refractivity contribution in [2.75, 3.05) is 26.8 Å². The highest BCUT2D eigenvalue weighted by molar-refractivity contribution is 14.0. The number of halogens is 1. The van der Waals surface area contributed by atoms with Crippen molar-refractivity contribution in [3.8, 4) is 11.3 Å². The quantitative estimate of drug-likeness (QED) is 0.227. The Balaban J connectivity index is 0.00000338. The van der Waals surface area contributed by atoms with Crippen LogP contribution in [0.3, 0.4) is 0 Å². The minimum absolute atomic E-state index is 0. The average Bonchev–Trinajstić information content (AvgIpc) is 3.10. The molecule has 0 saturated heterocycles. The molecular weight excluding hydrogens is 441 g/mol. The minimum atomic E-state index is 0. The maximum absolute atomic E-state index is 5.57. The first kappa shape index (κ1) is 22.4. The van der Waals surface area contributed by atoms with Crippen LogP contribution >= 0.6 is 24.0 Å². The van der Waals surface area contributed by atoms with Gasteiger partial charge in [0, 0.05) is 26.8 Å². The Morgan fingerprint density at radius 1 is 1.23 bits per heavy atom. The van der Waals surface area contributed by atoms with E-state index in [1.165, 1.54) is 0 Å². The first-order chi connectivity index (χ1) is 12.2. The van der Waals surface area contributed by atoms with Crippen molar-refractivity contribution < 1.29 is 4.74 Å². The van der Waals surface area contributed by atoms with Crippen molar-refractivity contribution in [2.45, 2.75) is 26.8 Å². The van der Waals surface area contributed by atoms with Crippen LogP contribution in [0.1, 0.15) is 26.1 Å². The van der Waals surface area contributed by atoms with Gasteiger partial charge in [0.2, 0.25) is 0 Å². The van der Waals surface area contributed by atoms with Gasteiger partial charge in [-0.05, 0) is 17.9 Å². The monoisotopic (exact) mass is 471 g/mol. The number of aliphatic imine (C=N–C) groups is 1. The number of benzene rings is 1. The largest absolute Gasteiger partial charge is 0.381 e. The molecule has 1 heterocycles. The van der Waals surface area contributed by atoms with E-state index >= 15 is 0 Å². The third-order valence-corrected chi connectivity index (χ3v) is 3.57. The van der Waals surface area contributed by atoms with Crippen molar-refractivity contribution >= 4 is 29.9 Å². The van der Waals surface area contributed by atoms with E-state index < -0.39 is 0 Å².